The fraction of sp³-hybridized carbons (Fsp3) is 0.333. The highest BCUT2D eigenvalue weighted by atomic mass is 16.5. The van der Waals surface area contributed by atoms with E-state index in [0.717, 1.165) is 0 Å². The van der Waals surface area contributed by atoms with Crippen molar-refractivity contribution in [2.24, 2.45) is 0 Å². The van der Waals surface area contributed by atoms with Crippen LogP contribution in [0.25, 0.3) is 5.65 Å². The summed E-state index contributed by atoms with van der Waals surface area (Å²) in [6.07, 6.45) is 1.20. The molecular formula is C15H17N3O4. The minimum atomic E-state index is -0.488. The van der Waals surface area contributed by atoms with Crippen LogP contribution in [-0.4, -0.2) is 34.5 Å². The van der Waals surface area contributed by atoms with Gasteiger partial charge in [0.25, 0.3) is 0 Å². The molecule has 0 spiro atoms. The number of nitrogens with zero attached hydrogens (tertiary/aromatic N) is 2. The average molecular weight is 303 g/mol. The Morgan fingerprint density at radius 3 is 2.86 bits per heavy atom. The molecule has 0 fully saturated rings. The van der Waals surface area contributed by atoms with Gasteiger partial charge in [0, 0.05) is 6.08 Å². The van der Waals surface area contributed by atoms with E-state index in [4.69, 9.17) is 15.2 Å². The van der Waals surface area contributed by atoms with Crippen molar-refractivity contribution in [1.82, 2.24) is 9.38 Å². The van der Waals surface area contributed by atoms with E-state index in [2.05, 4.69) is 4.98 Å². The van der Waals surface area contributed by atoms with Crippen molar-refractivity contribution in [2.75, 3.05) is 18.9 Å². The molecule has 0 saturated heterocycles. The number of nitrogens with two attached hydrogens (primary N) is 1. The Bertz CT molecular complexity index is 773. The lowest BCUT2D eigenvalue weighted by Gasteiger charge is -2.12. The highest BCUT2D eigenvalue weighted by molar-refractivity contribution is 5.92. The van der Waals surface area contributed by atoms with Gasteiger partial charge >= 0.3 is 5.97 Å². The summed E-state index contributed by atoms with van der Waals surface area (Å²) in [5.41, 5.74) is 8.32. The molecule has 22 heavy (non-hydrogen) atoms. The number of hydrogen-bond acceptors (Lipinski definition) is 6. The second kappa shape index (κ2) is 6.32. The third-order valence-electron chi connectivity index (χ3n) is 3.08. The van der Waals surface area contributed by atoms with Gasteiger partial charge in [0.05, 0.1) is 12.3 Å². The molecule has 2 aromatic rings. The minimum absolute atomic E-state index is 0.0221. The Morgan fingerprint density at radius 1 is 1.50 bits per heavy atom. The second-order valence-electron chi connectivity index (χ2n) is 4.65. The first-order valence-electron chi connectivity index (χ1n) is 6.78. The number of carbonyl (C=O) groups is 1. The van der Waals surface area contributed by atoms with Crippen LogP contribution >= 0.6 is 0 Å². The van der Waals surface area contributed by atoms with Gasteiger partial charge < -0.3 is 15.2 Å². The predicted molar refractivity (Wildman–Crippen MR) is 80.8 cm³/mol. The number of carbonyl (C=O) groups excluding carboxylic acids is 2. The normalized spacial score (nSPS) is 10.3. The number of imidazole rings is 1. The van der Waals surface area contributed by atoms with Crippen molar-refractivity contribution >= 4 is 23.2 Å². The predicted octanol–water partition coefficient (Wildman–Crippen LogP) is 1.48. The Balaban J connectivity index is 2.71. The van der Waals surface area contributed by atoms with Gasteiger partial charge in [-0.15, -0.1) is 0 Å². The highest BCUT2D eigenvalue weighted by Crippen LogP contribution is 2.28. The lowest BCUT2D eigenvalue weighted by Crippen LogP contribution is -2.14. The second-order valence-corrected chi connectivity index (χ2v) is 4.65. The van der Waals surface area contributed by atoms with Gasteiger partial charge in [-0.2, -0.15) is 0 Å². The molecule has 7 heteroatoms. The lowest BCUT2D eigenvalue weighted by molar-refractivity contribution is 0.0515. The molecule has 0 amide bonds. The quantitative estimate of drug-likeness (QED) is 0.664. The molecule has 0 saturated carbocycles. The van der Waals surface area contributed by atoms with Gasteiger partial charge in [-0.1, -0.05) is 0 Å². The third kappa shape index (κ3) is 2.66. The maximum atomic E-state index is 12.2. The largest absolute Gasteiger partial charge is 0.472 e. The third-order valence-corrected chi connectivity index (χ3v) is 3.08. The average Bonchev–Trinajstić information content (AvgIpc) is 2.77. The number of pyridine rings is 1. The number of rotatable bonds is 5. The molecule has 116 valence electrons. The number of nitrogen functional groups attached to an aromatic ring is 1. The van der Waals surface area contributed by atoms with E-state index >= 15 is 0 Å². The first kappa shape index (κ1) is 15.6. The number of hydrogen-bond donors (Lipinski definition) is 1. The Kier molecular flexibility index (Phi) is 4.48. The van der Waals surface area contributed by atoms with Crippen LogP contribution < -0.4 is 10.5 Å². The van der Waals surface area contributed by atoms with E-state index in [1.165, 1.54) is 10.5 Å². The minimum Gasteiger partial charge on any atom is -0.472 e. The SMILES string of the molecule is CCOC(=O)c1c(C)cc(N)c2nc(C)c(OCC=C=O)n12. The van der Waals surface area contributed by atoms with Crippen LogP contribution in [0.15, 0.2) is 12.1 Å². The Hall–Kier alpha value is -2.79. The molecule has 2 heterocycles. The number of esters is 1. The number of aryl methyl sites for hydroxylation is 2. The molecule has 0 radical (unpaired) electrons. The van der Waals surface area contributed by atoms with Crippen LogP contribution in [0.1, 0.15) is 28.7 Å². The summed E-state index contributed by atoms with van der Waals surface area (Å²) < 4.78 is 12.1. The highest BCUT2D eigenvalue weighted by Gasteiger charge is 2.22. The van der Waals surface area contributed by atoms with E-state index in [1.807, 2.05) is 0 Å². The lowest BCUT2D eigenvalue weighted by atomic mass is 10.2. The summed E-state index contributed by atoms with van der Waals surface area (Å²) in [5, 5.41) is 0. The molecule has 0 aliphatic rings. The van der Waals surface area contributed by atoms with Crippen molar-refractivity contribution in [3.63, 3.8) is 0 Å². The van der Waals surface area contributed by atoms with Crippen molar-refractivity contribution in [3.8, 4) is 5.88 Å². The zero-order valence-electron chi connectivity index (χ0n) is 12.7. The van der Waals surface area contributed by atoms with Crippen molar-refractivity contribution in [2.45, 2.75) is 20.8 Å². The van der Waals surface area contributed by atoms with Crippen LogP contribution in [0, 0.1) is 13.8 Å². The van der Waals surface area contributed by atoms with E-state index in [9.17, 15) is 9.59 Å². The summed E-state index contributed by atoms with van der Waals surface area (Å²) in [6, 6.07) is 1.67. The van der Waals surface area contributed by atoms with E-state index in [0.29, 0.717) is 34.2 Å². The van der Waals surface area contributed by atoms with Gasteiger partial charge in [0.2, 0.25) is 5.88 Å². The molecule has 0 aromatic carbocycles. The van der Waals surface area contributed by atoms with E-state index in [1.54, 1.807) is 32.8 Å². The maximum Gasteiger partial charge on any atom is 0.355 e. The van der Waals surface area contributed by atoms with Gasteiger partial charge in [0.1, 0.15) is 23.9 Å². The van der Waals surface area contributed by atoms with Crippen molar-refractivity contribution < 1.29 is 19.1 Å². The molecule has 0 aliphatic carbocycles. The fourth-order valence-electron chi connectivity index (χ4n) is 2.23. The zero-order chi connectivity index (χ0) is 16.3. The maximum absolute atomic E-state index is 12.2. The van der Waals surface area contributed by atoms with E-state index in [-0.39, 0.29) is 13.2 Å². The summed E-state index contributed by atoms with van der Waals surface area (Å²) >= 11 is 0. The first-order valence-corrected chi connectivity index (χ1v) is 6.78. The Morgan fingerprint density at radius 2 is 2.23 bits per heavy atom. The first-order chi connectivity index (χ1) is 10.5. The molecular weight excluding hydrogens is 286 g/mol. The van der Waals surface area contributed by atoms with Gasteiger partial charge in [0.15, 0.2) is 5.65 Å². The topological polar surface area (TPSA) is 95.9 Å². The molecule has 0 aliphatic heterocycles. The van der Waals surface area contributed by atoms with Crippen LogP contribution in [0.2, 0.25) is 0 Å². The number of fused-ring (bicyclic) bond motifs is 1. The van der Waals surface area contributed by atoms with Gasteiger partial charge in [-0.25, -0.2) is 14.6 Å². The molecule has 0 atom stereocenters. The van der Waals surface area contributed by atoms with E-state index < -0.39 is 5.97 Å². The monoisotopic (exact) mass is 303 g/mol. The van der Waals surface area contributed by atoms with Crippen LogP contribution in [0.4, 0.5) is 5.69 Å². The number of ether oxygens (including phenoxy) is 2. The molecule has 2 aromatic heterocycles. The van der Waals surface area contributed by atoms with Crippen molar-refractivity contribution in [3.05, 3.63) is 29.1 Å². The molecule has 2 N–H and O–H groups in total. The summed E-state index contributed by atoms with van der Waals surface area (Å²) in [5.74, 6) is 1.49. The van der Waals surface area contributed by atoms with Crippen LogP contribution in [0.5, 0.6) is 5.88 Å². The standard InChI is InChI=1S/C15H17N3O4/c1-4-21-15(20)12-9(2)8-11(16)13-17-10(3)14(18(12)13)22-7-5-6-19/h5,8H,4,7,16H2,1-3H3. The summed E-state index contributed by atoms with van der Waals surface area (Å²) in [4.78, 5) is 26.8. The molecule has 0 unspecified atom stereocenters. The summed E-state index contributed by atoms with van der Waals surface area (Å²) in [7, 11) is 0. The number of aromatic nitrogens is 2. The van der Waals surface area contributed by atoms with Crippen LogP contribution in [-0.2, 0) is 9.53 Å². The van der Waals surface area contributed by atoms with Crippen LogP contribution in [0.3, 0.4) is 0 Å². The molecule has 0 bridgehead atoms. The Labute approximate surface area is 127 Å². The number of anilines is 1. The molecule has 2 rings (SSSR count). The zero-order valence-corrected chi connectivity index (χ0v) is 12.7. The van der Waals surface area contributed by atoms with Gasteiger partial charge in [-0.05, 0) is 32.4 Å². The molecule has 7 nitrogen and oxygen atoms in total. The smallest absolute Gasteiger partial charge is 0.355 e. The summed E-state index contributed by atoms with van der Waals surface area (Å²) in [6.45, 7) is 5.49. The van der Waals surface area contributed by atoms with Crippen molar-refractivity contribution in [1.29, 1.82) is 0 Å². The fourth-order valence-corrected chi connectivity index (χ4v) is 2.23. The van der Waals surface area contributed by atoms with Gasteiger partial charge in [-0.3, -0.25) is 4.40 Å².